The van der Waals surface area contributed by atoms with Crippen molar-refractivity contribution in [2.45, 2.75) is 10.1 Å². The highest BCUT2D eigenvalue weighted by atomic mass is 32.2. The van der Waals surface area contributed by atoms with Crippen molar-refractivity contribution in [1.82, 2.24) is 4.98 Å². The fraction of sp³-hybridized carbons (Fsp3) is 0.238. The Morgan fingerprint density at radius 1 is 1.04 bits per heavy atom. The Balaban J connectivity index is 1.57. The first kappa shape index (κ1) is 17.7. The van der Waals surface area contributed by atoms with Crippen LogP contribution in [-0.4, -0.2) is 37.2 Å². The van der Waals surface area contributed by atoms with Crippen LogP contribution in [0.1, 0.15) is 10.1 Å². The van der Waals surface area contributed by atoms with E-state index >= 15 is 0 Å². The third-order valence-electron chi connectivity index (χ3n) is 4.84. The van der Waals surface area contributed by atoms with Gasteiger partial charge in [0, 0.05) is 23.5 Å². The molecule has 2 aliphatic rings. The minimum absolute atomic E-state index is 0.0121. The van der Waals surface area contributed by atoms with E-state index in [1.165, 1.54) is 0 Å². The van der Waals surface area contributed by atoms with Crippen molar-refractivity contribution in [2.24, 2.45) is 0 Å². The number of aromatic nitrogens is 1. The zero-order valence-corrected chi connectivity index (χ0v) is 16.8. The molecule has 5 rings (SSSR count). The van der Waals surface area contributed by atoms with Crippen molar-refractivity contribution < 1.29 is 9.53 Å². The molecule has 1 saturated heterocycles. The Hall–Kier alpha value is -2.35. The highest BCUT2D eigenvalue weighted by Crippen LogP contribution is 2.49. The smallest absolute Gasteiger partial charge is 0.243 e. The molecule has 142 valence electrons. The number of carbonyl (C=O) groups excluding carboxylic acids is 1. The first-order chi connectivity index (χ1) is 13.8. The molecule has 1 N–H and O–H groups in total. The SMILES string of the molecule is O=C1Nc2ccccc2S[C@@H]1c1sc(N2CCOCC2)nc1-c1ccccc1. The maximum absolute atomic E-state index is 12.9. The Morgan fingerprint density at radius 3 is 2.61 bits per heavy atom. The van der Waals surface area contributed by atoms with Gasteiger partial charge in [-0.1, -0.05) is 53.8 Å². The van der Waals surface area contributed by atoms with Gasteiger partial charge in [0.05, 0.1) is 29.5 Å². The van der Waals surface area contributed by atoms with Crippen molar-refractivity contribution in [1.29, 1.82) is 0 Å². The van der Waals surface area contributed by atoms with Crippen LogP contribution < -0.4 is 10.2 Å². The first-order valence-electron chi connectivity index (χ1n) is 9.25. The van der Waals surface area contributed by atoms with E-state index in [-0.39, 0.29) is 11.2 Å². The Labute approximate surface area is 171 Å². The summed E-state index contributed by atoms with van der Waals surface area (Å²) in [4.78, 5) is 22.3. The quantitative estimate of drug-likeness (QED) is 0.693. The molecule has 0 saturated carbocycles. The highest BCUT2D eigenvalue weighted by Gasteiger charge is 2.33. The first-order valence-corrected chi connectivity index (χ1v) is 10.9. The topological polar surface area (TPSA) is 54.5 Å². The lowest BCUT2D eigenvalue weighted by molar-refractivity contribution is -0.115. The highest BCUT2D eigenvalue weighted by molar-refractivity contribution is 8.00. The second-order valence-electron chi connectivity index (χ2n) is 6.66. The maximum atomic E-state index is 12.9. The minimum Gasteiger partial charge on any atom is -0.378 e. The summed E-state index contributed by atoms with van der Waals surface area (Å²) in [6.07, 6.45) is 0. The molecule has 1 fully saturated rings. The van der Waals surface area contributed by atoms with E-state index in [1.54, 1.807) is 23.1 Å². The van der Waals surface area contributed by atoms with Crippen molar-refractivity contribution in [3.63, 3.8) is 0 Å². The zero-order chi connectivity index (χ0) is 18.9. The van der Waals surface area contributed by atoms with E-state index in [0.29, 0.717) is 13.2 Å². The van der Waals surface area contributed by atoms with Crippen molar-refractivity contribution >= 4 is 39.8 Å². The van der Waals surface area contributed by atoms with Gasteiger partial charge in [-0.05, 0) is 12.1 Å². The van der Waals surface area contributed by atoms with E-state index in [4.69, 9.17) is 9.72 Å². The molecule has 7 heteroatoms. The maximum Gasteiger partial charge on any atom is 0.243 e. The van der Waals surface area contributed by atoms with Crippen LogP contribution in [0.2, 0.25) is 0 Å². The zero-order valence-electron chi connectivity index (χ0n) is 15.1. The van der Waals surface area contributed by atoms with Crippen LogP contribution in [0.5, 0.6) is 0 Å². The number of nitrogens with zero attached hydrogens (tertiary/aromatic N) is 2. The number of fused-ring (bicyclic) bond motifs is 1. The molecule has 0 bridgehead atoms. The van der Waals surface area contributed by atoms with Gasteiger partial charge in [0.25, 0.3) is 0 Å². The molecule has 1 atom stereocenters. The van der Waals surface area contributed by atoms with Crippen LogP contribution in [-0.2, 0) is 9.53 Å². The number of amides is 1. The van der Waals surface area contributed by atoms with Gasteiger partial charge in [-0.15, -0.1) is 11.8 Å². The minimum atomic E-state index is -0.308. The molecule has 0 radical (unpaired) electrons. The summed E-state index contributed by atoms with van der Waals surface area (Å²) in [5.74, 6) is 0.0121. The molecule has 28 heavy (non-hydrogen) atoms. The lowest BCUT2D eigenvalue weighted by Gasteiger charge is -2.26. The number of thioether (sulfide) groups is 1. The van der Waals surface area contributed by atoms with Crippen molar-refractivity contribution in [2.75, 3.05) is 36.5 Å². The average molecular weight is 410 g/mol. The molecule has 3 heterocycles. The van der Waals surface area contributed by atoms with Gasteiger partial charge in [0.2, 0.25) is 5.91 Å². The second-order valence-corrected chi connectivity index (χ2v) is 8.81. The number of carbonyl (C=O) groups is 1. The molecule has 1 aromatic heterocycles. The molecule has 2 aromatic carbocycles. The van der Waals surface area contributed by atoms with E-state index < -0.39 is 0 Å². The summed E-state index contributed by atoms with van der Waals surface area (Å²) in [5, 5.41) is 3.72. The molecule has 3 aromatic rings. The number of thiazole rings is 1. The molecular weight excluding hydrogens is 390 g/mol. The number of anilines is 2. The third kappa shape index (κ3) is 3.30. The number of hydrogen-bond acceptors (Lipinski definition) is 6. The van der Waals surface area contributed by atoms with Crippen LogP contribution in [0.3, 0.4) is 0 Å². The standard InChI is InChI=1S/C21H19N3O2S2/c25-20-19(27-16-9-5-4-8-15(16)22-20)18-17(14-6-2-1-3-7-14)23-21(28-18)24-10-12-26-13-11-24/h1-9,19H,10-13H2,(H,22,25)/t19-/m1/s1. The molecule has 0 spiro atoms. The number of hydrogen-bond donors (Lipinski definition) is 1. The van der Waals surface area contributed by atoms with Crippen molar-refractivity contribution in [3.05, 3.63) is 59.5 Å². The summed E-state index contributed by atoms with van der Waals surface area (Å²) in [6, 6.07) is 18.1. The number of para-hydroxylation sites is 1. The number of benzene rings is 2. The molecule has 0 aliphatic carbocycles. The van der Waals surface area contributed by atoms with Crippen LogP contribution in [0.4, 0.5) is 10.8 Å². The second kappa shape index (κ2) is 7.58. The monoisotopic (exact) mass is 409 g/mol. The predicted molar refractivity (Wildman–Crippen MR) is 114 cm³/mol. The van der Waals surface area contributed by atoms with Crippen LogP contribution in [0.25, 0.3) is 11.3 Å². The summed E-state index contributed by atoms with van der Waals surface area (Å²) in [7, 11) is 0. The van der Waals surface area contributed by atoms with Crippen LogP contribution in [0.15, 0.2) is 59.5 Å². The Kier molecular flexibility index (Phi) is 4.80. The van der Waals surface area contributed by atoms with E-state index in [1.807, 2.05) is 36.4 Å². The molecular formula is C21H19N3O2S2. The fourth-order valence-corrected chi connectivity index (χ4v) is 5.86. The van der Waals surface area contributed by atoms with Gasteiger partial charge in [-0.3, -0.25) is 4.79 Å². The lowest BCUT2D eigenvalue weighted by Crippen LogP contribution is -2.36. The van der Waals surface area contributed by atoms with Crippen LogP contribution in [0, 0.1) is 0 Å². The van der Waals surface area contributed by atoms with Crippen LogP contribution >= 0.6 is 23.1 Å². The fourth-order valence-electron chi connectivity index (χ4n) is 3.41. The van der Waals surface area contributed by atoms with E-state index in [9.17, 15) is 4.79 Å². The number of morpholine rings is 1. The number of rotatable bonds is 3. The van der Waals surface area contributed by atoms with Gasteiger partial charge in [-0.2, -0.15) is 0 Å². The predicted octanol–water partition coefficient (Wildman–Crippen LogP) is 4.43. The largest absolute Gasteiger partial charge is 0.378 e. The number of ether oxygens (including phenoxy) is 1. The summed E-state index contributed by atoms with van der Waals surface area (Å²) in [6.45, 7) is 3.07. The molecule has 1 amide bonds. The summed E-state index contributed by atoms with van der Waals surface area (Å²) in [5.41, 5.74) is 2.83. The summed E-state index contributed by atoms with van der Waals surface area (Å²) < 4.78 is 5.48. The normalized spacial score (nSPS) is 19.2. The van der Waals surface area contributed by atoms with E-state index in [2.05, 4.69) is 28.4 Å². The molecule has 0 unspecified atom stereocenters. The van der Waals surface area contributed by atoms with Gasteiger partial charge < -0.3 is 15.0 Å². The van der Waals surface area contributed by atoms with Crippen molar-refractivity contribution in [3.8, 4) is 11.3 Å². The van der Waals surface area contributed by atoms with Gasteiger partial charge in [0.1, 0.15) is 5.25 Å². The van der Waals surface area contributed by atoms with Gasteiger partial charge >= 0.3 is 0 Å². The Bertz CT molecular complexity index is 1000. The Morgan fingerprint density at radius 2 is 1.79 bits per heavy atom. The molecule has 2 aliphatic heterocycles. The van der Waals surface area contributed by atoms with Gasteiger partial charge in [-0.25, -0.2) is 4.98 Å². The third-order valence-corrected chi connectivity index (χ3v) is 7.46. The van der Waals surface area contributed by atoms with Gasteiger partial charge in [0.15, 0.2) is 5.13 Å². The lowest BCUT2D eigenvalue weighted by atomic mass is 10.1. The number of nitrogens with one attached hydrogen (secondary N) is 1. The average Bonchev–Trinajstić information content (AvgIpc) is 3.20. The van der Waals surface area contributed by atoms with E-state index in [0.717, 1.165) is 44.9 Å². The molecule has 5 nitrogen and oxygen atoms in total. The summed E-state index contributed by atoms with van der Waals surface area (Å²) >= 11 is 3.23.